The fourth-order valence-corrected chi connectivity index (χ4v) is 3.20. The van der Waals surface area contributed by atoms with Crippen LogP contribution in [0, 0.1) is 5.82 Å². The highest BCUT2D eigenvalue weighted by atomic mass is 32.2. The van der Waals surface area contributed by atoms with Gasteiger partial charge in [0.15, 0.2) is 0 Å². The summed E-state index contributed by atoms with van der Waals surface area (Å²) in [7, 11) is 0. The Balaban J connectivity index is 1.80. The van der Waals surface area contributed by atoms with E-state index in [1.165, 1.54) is 12.1 Å². The number of hydrogen-bond acceptors (Lipinski definition) is 3. The Morgan fingerprint density at radius 1 is 1.37 bits per heavy atom. The molecular weight excluding hydrogens is 265 g/mol. The molecule has 104 valence electrons. The van der Waals surface area contributed by atoms with Gasteiger partial charge in [0.2, 0.25) is 0 Å². The molecule has 0 radical (unpaired) electrons. The lowest BCUT2D eigenvalue weighted by molar-refractivity contribution is 0.100. The number of carbonyl (C=O) groups is 1. The van der Waals surface area contributed by atoms with Crippen molar-refractivity contribution < 1.29 is 13.9 Å². The van der Waals surface area contributed by atoms with Gasteiger partial charge in [0.1, 0.15) is 5.82 Å². The summed E-state index contributed by atoms with van der Waals surface area (Å²) in [4.78, 5) is 14.4. The zero-order valence-corrected chi connectivity index (χ0v) is 11.8. The van der Waals surface area contributed by atoms with Crippen molar-refractivity contribution in [3.8, 4) is 0 Å². The van der Waals surface area contributed by atoms with E-state index >= 15 is 0 Å². The molecule has 1 aliphatic heterocycles. The molecule has 1 fully saturated rings. The fourth-order valence-electron chi connectivity index (χ4n) is 2.08. The third-order valence-corrected chi connectivity index (χ3v) is 4.43. The molecule has 0 saturated carbocycles. The van der Waals surface area contributed by atoms with Gasteiger partial charge in [-0.25, -0.2) is 9.18 Å². The molecule has 0 spiro atoms. The number of ether oxygens (including phenoxy) is 1. The maximum Gasteiger partial charge on any atom is 0.409 e. The highest BCUT2D eigenvalue weighted by Crippen LogP contribution is 2.30. The first-order valence-electron chi connectivity index (χ1n) is 6.53. The van der Waals surface area contributed by atoms with E-state index in [9.17, 15) is 9.18 Å². The first-order chi connectivity index (χ1) is 9.19. The summed E-state index contributed by atoms with van der Waals surface area (Å²) in [6.45, 7) is 3.70. The van der Waals surface area contributed by atoms with Crippen LogP contribution in [0.25, 0.3) is 0 Å². The van der Waals surface area contributed by atoms with Crippen molar-refractivity contribution in [1.29, 1.82) is 0 Å². The zero-order valence-electron chi connectivity index (χ0n) is 11.0. The molecule has 1 amide bonds. The minimum atomic E-state index is -0.215. The number of likely N-dealkylation sites (tertiary alicyclic amines) is 1. The summed E-state index contributed by atoms with van der Waals surface area (Å²) in [6, 6.07) is 6.57. The van der Waals surface area contributed by atoms with Crippen molar-refractivity contribution in [3.05, 3.63) is 30.1 Å². The van der Waals surface area contributed by atoms with Crippen molar-refractivity contribution in [1.82, 2.24) is 4.90 Å². The molecule has 2 rings (SSSR count). The Kier molecular flexibility index (Phi) is 5.07. The summed E-state index contributed by atoms with van der Waals surface area (Å²) < 4.78 is 17.8. The van der Waals surface area contributed by atoms with Crippen molar-refractivity contribution in [2.24, 2.45) is 0 Å². The van der Waals surface area contributed by atoms with E-state index in [1.807, 2.05) is 6.92 Å². The topological polar surface area (TPSA) is 29.5 Å². The second kappa shape index (κ2) is 6.80. The average Bonchev–Trinajstić information content (AvgIpc) is 2.42. The molecule has 0 unspecified atom stereocenters. The number of nitrogens with zero attached hydrogens (tertiary/aromatic N) is 1. The van der Waals surface area contributed by atoms with Gasteiger partial charge < -0.3 is 9.64 Å². The number of thioether (sulfide) groups is 1. The van der Waals surface area contributed by atoms with Gasteiger partial charge in [0, 0.05) is 23.2 Å². The lowest BCUT2D eigenvalue weighted by Gasteiger charge is -2.30. The highest BCUT2D eigenvalue weighted by Gasteiger charge is 2.23. The van der Waals surface area contributed by atoms with Gasteiger partial charge >= 0.3 is 6.09 Å². The SMILES string of the molecule is CCOC(=O)N1CCC(Sc2ccc(F)cc2)CC1. The van der Waals surface area contributed by atoms with Gasteiger partial charge in [0.25, 0.3) is 0 Å². The predicted octanol–water partition coefficient (Wildman–Crippen LogP) is 3.54. The van der Waals surface area contributed by atoms with Gasteiger partial charge in [-0.15, -0.1) is 11.8 Å². The number of hydrogen-bond donors (Lipinski definition) is 0. The van der Waals surface area contributed by atoms with Crippen molar-refractivity contribution >= 4 is 17.9 Å². The Labute approximate surface area is 117 Å². The van der Waals surface area contributed by atoms with Crippen molar-refractivity contribution in [2.45, 2.75) is 29.9 Å². The molecule has 0 aliphatic carbocycles. The first kappa shape index (κ1) is 14.2. The number of benzene rings is 1. The van der Waals surface area contributed by atoms with E-state index in [2.05, 4.69) is 0 Å². The summed E-state index contributed by atoms with van der Waals surface area (Å²) in [5, 5.41) is 0.483. The number of carbonyl (C=O) groups excluding carboxylic acids is 1. The van der Waals surface area contributed by atoms with Crippen LogP contribution in [0.4, 0.5) is 9.18 Å². The van der Waals surface area contributed by atoms with Crippen LogP contribution < -0.4 is 0 Å². The molecule has 0 N–H and O–H groups in total. The molecule has 1 aromatic carbocycles. The van der Waals surface area contributed by atoms with Crippen LogP contribution in [0.15, 0.2) is 29.2 Å². The highest BCUT2D eigenvalue weighted by molar-refractivity contribution is 8.00. The quantitative estimate of drug-likeness (QED) is 0.849. The number of amides is 1. The number of halogens is 1. The maximum absolute atomic E-state index is 12.8. The van der Waals surface area contributed by atoms with Gasteiger partial charge in [-0.3, -0.25) is 0 Å². The number of piperidine rings is 1. The van der Waals surface area contributed by atoms with Crippen molar-refractivity contribution in [3.63, 3.8) is 0 Å². The van der Waals surface area contributed by atoms with E-state index in [4.69, 9.17) is 4.74 Å². The van der Waals surface area contributed by atoms with E-state index in [0.717, 1.165) is 30.8 Å². The largest absolute Gasteiger partial charge is 0.450 e. The molecule has 1 aliphatic rings. The Hall–Kier alpha value is -1.23. The van der Waals surface area contributed by atoms with Crippen LogP contribution >= 0.6 is 11.8 Å². The van der Waals surface area contributed by atoms with Crippen LogP contribution in [0.2, 0.25) is 0 Å². The predicted molar refractivity (Wildman–Crippen MR) is 73.9 cm³/mol. The van der Waals surface area contributed by atoms with Crippen LogP contribution in [0.3, 0.4) is 0 Å². The fraction of sp³-hybridized carbons (Fsp3) is 0.500. The second-order valence-corrected chi connectivity index (χ2v) is 5.83. The lowest BCUT2D eigenvalue weighted by Crippen LogP contribution is -2.39. The first-order valence-corrected chi connectivity index (χ1v) is 7.41. The van der Waals surface area contributed by atoms with Gasteiger partial charge in [0.05, 0.1) is 6.61 Å². The van der Waals surface area contributed by atoms with E-state index in [0.29, 0.717) is 11.9 Å². The molecule has 3 nitrogen and oxygen atoms in total. The van der Waals surface area contributed by atoms with Gasteiger partial charge in [-0.2, -0.15) is 0 Å². The maximum atomic E-state index is 12.8. The zero-order chi connectivity index (χ0) is 13.7. The van der Waals surface area contributed by atoms with Crippen molar-refractivity contribution in [2.75, 3.05) is 19.7 Å². The monoisotopic (exact) mass is 283 g/mol. The Morgan fingerprint density at radius 2 is 2.00 bits per heavy atom. The molecule has 0 bridgehead atoms. The second-order valence-electron chi connectivity index (χ2n) is 4.46. The Bertz CT molecular complexity index is 416. The minimum Gasteiger partial charge on any atom is -0.450 e. The van der Waals surface area contributed by atoms with Gasteiger partial charge in [-0.1, -0.05) is 0 Å². The van der Waals surface area contributed by atoms with E-state index in [-0.39, 0.29) is 11.9 Å². The average molecular weight is 283 g/mol. The summed E-state index contributed by atoms with van der Waals surface area (Å²) in [5.41, 5.74) is 0. The van der Waals surface area contributed by atoms with Crippen LogP contribution in [-0.2, 0) is 4.74 Å². The number of rotatable bonds is 3. The summed E-state index contributed by atoms with van der Waals surface area (Å²) >= 11 is 1.75. The Morgan fingerprint density at radius 3 is 2.58 bits per heavy atom. The molecule has 0 aromatic heterocycles. The third kappa shape index (κ3) is 4.13. The van der Waals surface area contributed by atoms with E-state index in [1.54, 1.807) is 28.8 Å². The van der Waals surface area contributed by atoms with Crippen LogP contribution in [-0.4, -0.2) is 35.9 Å². The molecule has 1 heterocycles. The van der Waals surface area contributed by atoms with Crippen LogP contribution in [0.1, 0.15) is 19.8 Å². The summed E-state index contributed by atoms with van der Waals surface area (Å²) in [5.74, 6) is -0.207. The molecule has 19 heavy (non-hydrogen) atoms. The summed E-state index contributed by atoms with van der Waals surface area (Å²) in [6.07, 6.45) is 1.68. The molecule has 5 heteroatoms. The smallest absolute Gasteiger partial charge is 0.409 e. The molecule has 1 saturated heterocycles. The van der Waals surface area contributed by atoms with E-state index < -0.39 is 0 Å². The van der Waals surface area contributed by atoms with Gasteiger partial charge in [-0.05, 0) is 44.0 Å². The standard InChI is InChI=1S/C14H18FNO2S/c1-2-18-14(17)16-9-7-13(8-10-16)19-12-5-3-11(15)4-6-12/h3-6,13H,2,7-10H2,1H3. The molecule has 0 atom stereocenters. The lowest BCUT2D eigenvalue weighted by atomic mass is 10.1. The van der Waals surface area contributed by atoms with Crippen LogP contribution in [0.5, 0.6) is 0 Å². The molecule has 1 aromatic rings. The normalized spacial score (nSPS) is 16.4. The molecular formula is C14H18FNO2S. The minimum absolute atomic E-state index is 0.207. The third-order valence-electron chi connectivity index (χ3n) is 3.08.